The summed E-state index contributed by atoms with van der Waals surface area (Å²) in [7, 11) is 0. The molecule has 0 saturated heterocycles. The molecule has 0 unspecified atom stereocenters. The number of hydrogen-bond donors (Lipinski definition) is 0. The zero-order chi connectivity index (χ0) is 31.4. The van der Waals surface area contributed by atoms with Crippen LogP contribution >= 0.6 is 0 Å². The van der Waals surface area contributed by atoms with Crippen LogP contribution in [0.1, 0.15) is 0 Å². The van der Waals surface area contributed by atoms with Crippen molar-refractivity contribution in [2.45, 2.75) is 0 Å². The third-order valence-corrected chi connectivity index (χ3v) is 8.87. The van der Waals surface area contributed by atoms with Crippen LogP contribution in [0.5, 0.6) is 0 Å². The number of hydrogen-bond acceptors (Lipinski definition) is 1. The topological polar surface area (TPSA) is 3.24 Å². The van der Waals surface area contributed by atoms with E-state index < -0.39 is 0 Å². The minimum Gasteiger partial charge on any atom is -0.310 e. The molecule has 8 aromatic rings. The molecule has 222 valence electrons. The zero-order valence-corrected chi connectivity index (χ0v) is 26.0. The van der Waals surface area contributed by atoms with Gasteiger partial charge in [-0.3, -0.25) is 0 Å². The highest BCUT2D eigenvalue weighted by atomic mass is 15.1. The Kier molecular flexibility index (Phi) is 7.63. The standard InChI is InChI=1S/C46H33N/c1-3-12-34(13-4-1)36-24-28-42(29-25-36)47(44-21-10-19-40(33-44)35-14-5-2-6-15-35)43-30-26-37(27-31-43)39-18-9-20-41(32-39)46-23-11-17-38-16-7-8-22-45(38)46/h1-33H. The van der Waals surface area contributed by atoms with Gasteiger partial charge in [0.1, 0.15) is 0 Å². The zero-order valence-electron chi connectivity index (χ0n) is 26.0. The first-order valence-corrected chi connectivity index (χ1v) is 16.1. The van der Waals surface area contributed by atoms with Crippen molar-refractivity contribution in [2.75, 3.05) is 4.90 Å². The molecule has 0 bridgehead atoms. The van der Waals surface area contributed by atoms with Gasteiger partial charge in [0.25, 0.3) is 0 Å². The van der Waals surface area contributed by atoms with Gasteiger partial charge >= 0.3 is 0 Å². The highest BCUT2D eigenvalue weighted by Crippen LogP contribution is 2.39. The van der Waals surface area contributed by atoms with Gasteiger partial charge in [-0.05, 0) is 97.7 Å². The first-order chi connectivity index (χ1) is 23.3. The Bertz CT molecular complexity index is 2260. The molecule has 0 atom stereocenters. The van der Waals surface area contributed by atoms with E-state index in [9.17, 15) is 0 Å². The van der Waals surface area contributed by atoms with Crippen molar-refractivity contribution in [2.24, 2.45) is 0 Å². The molecule has 0 aliphatic heterocycles. The quantitative estimate of drug-likeness (QED) is 0.176. The summed E-state index contributed by atoms with van der Waals surface area (Å²) in [6.07, 6.45) is 0. The molecule has 0 heterocycles. The summed E-state index contributed by atoms with van der Waals surface area (Å²) in [4.78, 5) is 2.34. The van der Waals surface area contributed by atoms with Crippen LogP contribution in [0.3, 0.4) is 0 Å². The van der Waals surface area contributed by atoms with Crippen molar-refractivity contribution in [3.63, 3.8) is 0 Å². The van der Waals surface area contributed by atoms with Gasteiger partial charge in [-0.2, -0.15) is 0 Å². The van der Waals surface area contributed by atoms with Crippen LogP contribution < -0.4 is 4.90 Å². The van der Waals surface area contributed by atoms with Gasteiger partial charge in [-0.15, -0.1) is 0 Å². The van der Waals surface area contributed by atoms with Crippen molar-refractivity contribution >= 4 is 27.8 Å². The van der Waals surface area contributed by atoms with E-state index >= 15 is 0 Å². The average Bonchev–Trinajstić information content (AvgIpc) is 3.16. The summed E-state index contributed by atoms with van der Waals surface area (Å²) in [6, 6.07) is 71.8. The summed E-state index contributed by atoms with van der Waals surface area (Å²) < 4.78 is 0. The molecule has 0 aromatic heterocycles. The summed E-state index contributed by atoms with van der Waals surface area (Å²) >= 11 is 0. The van der Waals surface area contributed by atoms with Crippen molar-refractivity contribution < 1.29 is 0 Å². The van der Waals surface area contributed by atoms with Gasteiger partial charge in [0.2, 0.25) is 0 Å². The van der Waals surface area contributed by atoms with E-state index in [4.69, 9.17) is 0 Å². The van der Waals surface area contributed by atoms with Crippen LogP contribution in [0.4, 0.5) is 17.1 Å². The predicted molar refractivity (Wildman–Crippen MR) is 200 cm³/mol. The Morgan fingerprint density at radius 1 is 0.255 bits per heavy atom. The maximum Gasteiger partial charge on any atom is 0.0467 e. The molecule has 0 N–H and O–H groups in total. The fourth-order valence-electron chi connectivity index (χ4n) is 6.48. The SMILES string of the molecule is c1ccc(-c2ccc(N(c3ccc(-c4cccc(-c5cccc6ccccc56)c4)cc3)c3cccc(-c4ccccc4)c3)cc2)cc1. The highest BCUT2D eigenvalue weighted by molar-refractivity contribution is 5.97. The lowest BCUT2D eigenvalue weighted by Crippen LogP contribution is -2.10. The number of anilines is 3. The number of fused-ring (bicyclic) bond motifs is 1. The Hall–Kier alpha value is -6.18. The molecule has 0 radical (unpaired) electrons. The second-order valence-corrected chi connectivity index (χ2v) is 11.8. The van der Waals surface area contributed by atoms with E-state index in [0.717, 1.165) is 17.1 Å². The van der Waals surface area contributed by atoms with Crippen molar-refractivity contribution in [3.05, 3.63) is 200 Å². The number of nitrogens with zero attached hydrogens (tertiary/aromatic N) is 1. The Labute approximate surface area is 276 Å². The van der Waals surface area contributed by atoms with Gasteiger partial charge in [0.05, 0.1) is 0 Å². The highest BCUT2D eigenvalue weighted by Gasteiger charge is 2.15. The molecule has 1 heteroatoms. The van der Waals surface area contributed by atoms with Crippen LogP contribution in [0.15, 0.2) is 200 Å². The van der Waals surface area contributed by atoms with E-state index in [1.165, 1.54) is 55.3 Å². The van der Waals surface area contributed by atoms with Crippen molar-refractivity contribution in [1.82, 2.24) is 0 Å². The van der Waals surface area contributed by atoms with Crippen LogP contribution in [0, 0.1) is 0 Å². The minimum absolute atomic E-state index is 1.11. The van der Waals surface area contributed by atoms with E-state index in [2.05, 4.69) is 205 Å². The second-order valence-electron chi connectivity index (χ2n) is 11.8. The van der Waals surface area contributed by atoms with Crippen LogP contribution in [-0.2, 0) is 0 Å². The smallest absolute Gasteiger partial charge is 0.0467 e. The molecular formula is C46H33N. The lowest BCUT2D eigenvalue weighted by Gasteiger charge is -2.26. The van der Waals surface area contributed by atoms with Gasteiger partial charge in [0.15, 0.2) is 0 Å². The lowest BCUT2D eigenvalue weighted by atomic mass is 9.95. The molecule has 8 aromatic carbocycles. The molecule has 8 rings (SSSR count). The molecule has 0 aliphatic carbocycles. The second kappa shape index (κ2) is 12.7. The van der Waals surface area contributed by atoms with Crippen LogP contribution in [0.25, 0.3) is 55.3 Å². The summed E-state index contributed by atoms with van der Waals surface area (Å²) in [5.41, 5.74) is 13.0. The van der Waals surface area contributed by atoms with Crippen LogP contribution in [0.2, 0.25) is 0 Å². The van der Waals surface area contributed by atoms with E-state index in [0.29, 0.717) is 0 Å². The molecule has 0 amide bonds. The average molecular weight is 600 g/mol. The molecule has 0 aliphatic rings. The largest absolute Gasteiger partial charge is 0.310 e. The minimum atomic E-state index is 1.11. The Morgan fingerprint density at radius 3 is 1.38 bits per heavy atom. The summed E-state index contributed by atoms with van der Waals surface area (Å²) in [6.45, 7) is 0. The maximum atomic E-state index is 2.34. The number of benzene rings is 8. The molecular weight excluding hydrogens is 567 g/mol. The van der Waals surface area contributed by atoms with E-state index in [1.807, 2.05) is 0 Å². The first-order valence-electron chi connectivity index (χ1n) is 16.1. The molecule has 47 heavy (non-hydrogen) atoms. The summed E-state index contributed by atoms with van der Waals surface area (Å²) in [5.74, 6) is 0. The molecule has 1 nitrogen and oxygen atoms in total. The number of rotatable bonds is 7. The normalized spacial score (nSPS) is 11.0. The van der Waals surface area contributed by atoms with Crippen LogP contribution in [-0.4, -0.2) is 0 Å². The first kappa shape index (κ1) is 28.3. The Balaban J connectivity index is 1.17. The fraction of sp³-hybridized carbons (Fsp3) is 0. The van der Waals surface area contributed by atoms with E-state index in [-0.39, 0.29) is 0 Å². The monoisotopic (exact) mass is 599 g/mol. The predicted octanol–water partition coefficient (Wildman–Crippen LogP) is 13.0. The van der Waals surface area contributed by atoms with E-state index in [1.54, 1.807) is 0 Å². The van der Waals surface area contributed by atoms with Gasteiger partial charge in [-0.25, -0.2) is 0 Å². The van der Waals surface area contributed by atoms with Gasteiger partial charge in [-0.1, -0.05) is 158 Å². The molecule has 0 saturated carbocycles. The molecule has 0 spiro atoms. The fourth-order valence-corrected chi connectivity index (χ4v) is 6.48. The third kappa shape index (κ3) is 5.83. The Morgan fingerprint density at radius 2 is 0.702 bits per heavy atom. The van der Waals surface area contributed by atoms with Gasteiger partial charge < -0.3 is 4.90 Å². The van der Waals surface area contributed by atoms with Crippen molar-refractivity contribution in [1.29, 1.82) is 0 Å². The molecule has 0 fully saturated rings. The lowest BCUT2D eigenvalue weighted by molar-refractivity contribution is 1.28. The third-order valence-electron chi connectivity index (χ3n) is 8.87. The maximum absolute atomic E-state index is 2.34. The summed E-state index contributed by atoms with van der Waals surface area (Å²) in [5, 5.41) is 2.53. The van der Waals surface area contributed by atoms with Gasteiger partial charge in [0, 0.05) is 17.1 Å². The van der Waals surface area contributed by atoms with Crippen molar-refractivity contribution in [3.8, 4) is 44.5 Å².